The van der Waals surface area contributed by atoms with Crippen LogP contribution in [0.4, 0.5) is 0 Å². The molecule has 0 bridgehead atoms. The molecule has 0 saturated carbocycles. The molecule has 0 N–H and O–H groups in total. The Morgan fingerprint density at radius 1 is 1.45 bits per heavy atom. The summed E-state index contributed by atoms with van der Waals surface area (Å²) in [5, 5.41) is 10.6. The van der Waals surface area contributed by atoms with Crippen LogP contribution >= 0.6 is 0 Å². The van der Waals surface area contributed by atoms with Gasteiger partial charge in [0.1, 0.15) is 7.05 Å². The highest BCUT2D eigenvalue weighted by Gasteiger charge is 1.90. The normalized spacial score (nSPS) is 11.6. The maximum atomic E-state index is 10.6. The maximum absolute atomic E-state index is 10.6. The van der Waals surface area contributed by atoms with Gasteiger partial charge < -0.3 is 5.21 Å². The Bertz CT molecular complexity index is 275. The van der Waals surface area contributed by atoms with E-state index < -0.39 is 0 Å². The molecule has 0 spiro atoms. The molecular weight excluding hydrogens is 138 g/mol. The van der Waals surface area contributed by atoms with Crippen molar-refractivity contribution in [3.05, 3.63) is 40.6 Å². The Balaban J connectivity index is 2.97. The molecule has 1 aromatic rings. The van der Waals surface area contributed by atoms with Gasteiger partial charge in [0.2, 0.25) is 0 Å². The van der Waals surface area contributed by atoms with Crippen LogP contribution in [0.25, 0.3) is 0 Å². The average molecular weight is 149 g/mol. The Labute approximate surface area is 66.4 Å². The molecule has 0 aromatic heterocycles. The highest BCUT2D eigenvalue weighted by atomic mass is 16.5. The van der Waals surface area contributed by atoms with Gasteiger partial charge in [-0.05, 0) is 19.1 Å². The summed E-state index contributed by atoms with van der Waals surface area (Å²) in [5.41, 5.74) is 2.11. The van der Waals surface area contributed by atoms with Crippen molar-refractivity contribution in [1.82, 2.24) is 0 Å². The summed E-state index contributed by atoms with van der Waals surface area (Å²) < 4.78 is 0.800. The van der Waals surface area contributed by atoms with Crippen molar-refractivity contribution in [3.63, 3.8) is 0 Å². The topological polar surface area (TPSA) is 26.1 Å². The van der Waals surface area contributed by atoms with Crippen LogP contribution in [0.15, 0.2) is 24.3 Å². The summed E-state index contributed by atoms with van der Waals surface area (Å²) >= 11 is 0. The Hall–Kier alpha value is -1.31. The molecule has 0 aliphatic heterocycles. The molecule has 0 atom stereocenters. The summed E-state index contributed by atoms with van der Waals surface area (Å²) in [4.78, 5) is 0. The molecule has 0 fully saturated rings. The fourth-order valence-corrected chi connectivity index (χ4v) is 0.960. The van der Waals surface area contributed by atoms with Crippen LogP contribution in [-0.4, -0.2) is 18.0 Å². The van der Waals surface area contributed by atoms with Crippen LogP contribution in [0, 0.1) is 12.1 Å². The van der Waals surface area contributed by atoms with Crippen molar-refractivity contribution in [2.45, 2.75) is 6.92 Å². The first kappa shape index (κ1) is 7.79. The number of aryl methyl sites for hydroxylation is 1. The molecule has 1 aromatic carbocycles. The molecule has 2 nitrogen and oxygen atoms in total. The van der Waals surface area contributed by atoms with Crippen LogP contribution in [0.2, 0.25) is 0 Å². The SMILES string of the molecule is Cc1cccc(/C=[N+](/C)[O-])c1. The van der Waals surface area contributed by atoms with Crippen LogP contribution in [0.1, 0.15) is 11.1 Å². The van der Waals surface area contributed by atoms with Gasteiger partial charge in [-0.25, -0.2) is 4.74 Å². The molecule has 11 heavy (non-hydrogen) atoms. The molecule has 0 heterocycles. The Morgan fingerprint density at radius 3 is 2.73 bits per heavy atom. The highest BCUT2D eigenvalue weighted by molar-refractivity contribution is 5.75. The van der Waals surface area contributed by atoms with Gasteiger partial charge in [0, 0.05) is 5.56 Å². The van der Waals surface area contributed by atoms with Gasteiger partial charge in [-0.15, -0.1) is 0 Å². The minimum atomic E-state index is 0.800. The van der Waals surface area contributed by atoms with E-state index in [-0.39, 0.29) is 0 Å². The molecule has 2 heteroatoms. The van der Waals surface area contributed by atoms with Gasteiger partial charge in [0.05, 0.1) is 0 Å². The van der Waals surface area contributed by atoms with Gasteiger partial charge >= 0.3 is 0 Å². The lowest BCUT2D eigenvalue weighted by molar-refractivity contribution is -0.416. The molecular formula is C9H11NO. The average Bonchev–Trinajstić information content (AvgIpc) is 1.85. The zero-order chi connectivity index (χ0) is 8.27. The lowest BCUT2D eigenvalue weighted by Crippen LogP contribution is -1.97. The third-order valence-corrected chi connectivity index (χ3v) is 1.37. The molecule has 0 aliphatic rings. The van der Waals surface area contributed by atoms with E-state index in [1.807, 2.05) is 31.2 Å². The van der Waals surface area contributed by atoms with Crippen molar-refractivity contribution in [2.24, 2.45) is 0 Å². The predicted molar refractivity (Wildman–Crippen MR) is 45.9 cm³/mol. The standard InChI is InChI=1S/C9H11NO/c1-8-4-3-5-9(6-8)7-10(2)11/h3-7H,1-2H3/b10-7-. The molecule has 1 rings (SSSR count). The van der Waals surface area contributed by atoms with Crippen LogP contribution in [0.3, 0.4) is 0 Å². The number of nitrogens with zero attached hydrogens (tertiary/aromatic N) is 1. The molecule has 0 radical (unpaired) electrons. The first-order valence-corrected chi connectivity index (χ1v) is 3.50. The van der Waals surface area contributed by atoms with Crippen molar-refractivity contribution < 1.29 is 4.74 Å². The Morgan fingerprint density at radius 2 is 2.18 bits per heavy atom. The van der Waals surface area contributed by atoms with Crippen LogP contribution in [0.5, 0.6) is 0 Å². The number of rotatable bonds is 1. The third-order valence-electron chi connectivity index (χ3n) is 1.37. The van der Waals surface area contributed by atoms with E-state index in [2.05, 4.69) is 0 Å². The maximum Gasteiger partial charge on any atom is 0.181 e. The minimum Gasteiger partial charge on any atom is -0.624 e. The smallest absolute Gasteiger partial charge is 0.181 e. The number of hydroxylamine groups is 1. The lowest BCUT2D eigenvalue weighted by atomic mass is 10.2. The quantitative estimate of drug-likeness (QED) is 0.257. The zero-order valence-electron chi connectivity index (χ0n) is 6.74. The summed E-state index contributed by atoms with van der Waals surface area (Å²) in [6, 6.07) is 7.81. The number of hydrogen-bond acceptors (Lipinski definition) is 1. The monoisotopic (exact) mass is 149 g/mol. The fourth-order valence-electron chi connectivity index (χ4n) is 0.960. The van der Waals surface area contributed by atoms with Crippen molar-refractivity contribution >= 4 is 6.21 Å². The van der Waals surface area contributed by atoms with Crippen molar-refractivity contribution in [2.75, 3.05) is 7.05 Å². The zero-order valence-corrected chi connectivity index (χ0v) is 6.74. The van der Waals surface area contributed by atoms with Crippen LogP contribution < -0.4 is 0 Å². The number of hydrogen-bond donors (Lipinski definition) is 0. The highest BCUT2D eigenvalue weighted by Crippen LogP contribution is 2.00. The predicted octanol–water partition coefficient (Wildman–Crippen LogP) is 1.55. The summed E-state index contributed by atoms with van der Waals surface area (Å²) in [6.45, 7) is 2.00. The van der Waals surface area contributed by atoms with E-state index in [1.165, 1.54) is 12.6 Å². The van der Waals surface area contributed by atoms with Gasteiger partial charge in [0.25, 0.3) is 0 Å². The lowest BCUT2D eigenvalue weighted by Gasteiger charge is -1.96. The molecule has 0 saturated heterocycles. The summed E-state index contributed by atoms with van der Waals surface area (Å²) in [5.74, 6) is 0. The molecule has 0 aliphatic carbocycles. The summed E-state index contributed by atoms with van der Waals surface area (Å²) in [6.07, 6.45) is 1.55. The second kappa shape index (κ2) is 3.19. The van der Waals surface area contributed by atoms with Crippen LogP contribution in [-0.2, 0) is 0 Å². The second-order valence-electron chi connectivity index (χ2n) is 2.59. The summed E-state index contributed by atoms with van der Waals surface area (Å²) in [7, 11) is 1.47. The van der Waals surface area contributed by atoms with Crippen molar-refractivity contribution in [3.8, 4) is 0 Å². The van der Waals surface area contributed by atoms with Gasteiger partial charge in [-0.2, -0.15) is 0 Å². The minimum absolute atomic E-state index is 0.800. The largest absolute Gasteiger partial charge is 0.624 e. The first-order valence-electron chi connectivity index (χ1n) is 3.50. The third kappa shape index (κ3) is 2.42. The van der Waals surface area contributed by atoms with E-state index in [0.29, 0.717) is 0 Å². The Kier molecular flexibility index (Phi) is 2.26. The van der Waals surface area contributed by atoms with E-state index in [1.54, 1.807) is 6.21 Å². The van der Waals surface area contributed by atoms with Gasteiger partial charge in [-0.3, -0.25) is 0 Å². The molecule has 0 amide bonds. The molecule has 58 valence electrons. The van der Waals surface area contributed by atoms with Gasteiger partial charge in [0.15, 0.2) is 6.21 Å². The molecule has 0 unspecified atom stereocenters. The van der Waals surface area contributed by atoms with Gasteiger partial charge in [-0.1, -0.05) is 17.7 Å². The fraction of sp³-hybridized carbons (Fsp3) is 0.222. The first-order chi connectivity index (χ1) is 5.18. The van der Waals surface area contributed by atoms with Crippen molar-refractivity contribution in [1.29, 1.82) is 0 Å². The van der Waals surface area contributed by atoms with E-state index >= 15 is 0 Å². The van der Waals surface area contributed by atoms with E-state index in [9.17, 15) is 5.21 Å². The van der Waals surface area contributed by atoms with E-state index in [0.717, 1.165) is 10.3 Å². The second-order valence-corrected chi connectivity index (χ2v) is 2.59. The number of benzene rings is 1. The van der Waals surface area contributed by atoms with E-state index in [4.69, 9.17) is 0 Å².